The van der Waals surface area contributed by atoms with Crippen molar-refractivity contribution in [1.82, 2.24) is 0 Å². The average molecular weight is 271 g/mol. The van der Waals surface area contributed by atoms with E-state index in [9.17, 15) is 4.79 Å². The van der Waals surface area contributed by atoms with E-state index in [1.165, 1.54) is 0 Å². The van der Waals surface area contributed by atoms with Gasteiger partial charge in [-0.25, -0.2) is 0 Å². The van der Waals surface area contributed by atoms with Gasteiger partial charge in [-0.3, -0.25) is 4.79 Å². The van der Waals surface area contributed by atoms with E-state index < -0.39 is 0 Å². The van der Waals surface area contributed by atoms with E-state index in [-0.39, 0.29) is 11.2 Å². The van der Waals surface area contributed by atoms with Gasteiger partial charge in [-0.1, -0.05) is 36.7 Å². The van der Waals surface area contributed by atoms with Crippen LogP contribution in [-0.4, -0.2) is 12.9 Å². The molecule has 15 heavy (non-hydrogen) atoms. The van der Waals surface area contributed by atoms with Gasteiger partial charge in [0.25, 0.3) is 0 Å². The second kappa shape index (κ2) is 4.35. The van der Waals surface area contributed by atoms with E-state index in [1.54, 1.807) is 13.2 Å². The lowest BCUT2D eigenvalue weighted by Crippen LogP contribution is -2.20. The number of hydrogen-bond acceptors (Lipinski definition) is 2. The van der Waals surface area contributed by atoms with Gasteiger partial charge in [0.1, 0.15) is 5.75 Å². The van der Waals surface area contributed by atoms with Crippen LogP contribution in [0, 0.1) is 5.41 Å². The van der Waals surface area contributed by atoms with Gasteiger partial charge >= 0.3 is 0 Å². The molecule has 0 saturated carbocycles. The Kier molecular flexibility index (Phi) is 3.55. The summed E-state index contributed by atoms with van der Waals surface area (Å²) in [5.74, 6) is 0.805. The molecule has 0 radical (unpaired) electrons. The predicted molar refractivity (Wildman–Crippen MR) is 64.5 cm³/mol. The minimum Gasteiger partial charge on any atom is -0.497 e. The molecular formula is C12H15BrO2. The number of ether oxygens (including phenoxy) is 1. The lowest BCUT2D eigenvalue weighted by Gasteiger charge is -2.18. The molecule has 0 atom stereocenters. The van der Waals surface area contributed by atoms with Gasteiger partial charge in [0, 0.05) is 15.5 Å². The SMILES string of the molecule is COc1ccc(Br)c(C(=O)C(C)(C)C)c1. The first kappa shape index (κ1) is 12.2. The van der Waals surface area contributed by atoms with Gasteiger partial charge in [0.05, 0.1) is 7.11 Å². The molecule has 1 aromatic rings. The first-order valence-electron chi connectivity index (χ1n) is 4.74. The lowest BCUT2D eigenvalue weighted by atomic mass is 9.86. The summed E-state index contributed by atoms with van der Waals surface area (Å²) in [6.07, 6.45) is 0. The highest BCUT2D eigenvalue weighted by atomic mass is 79.9. The van der Waals surface area contributed by atoms with E-state index in [4.69, 9.17) is 4.74 Å². The molecule has 82 valence electrons. The van der Waals surface area contributed by atoms with Crippen LogP contribution in [0.5, 0.6) is 5.75 Å². The third-order valence-electron chi connectivity index (χ3n) is 2.10. The summed E-state index contributed by atoms with van der Waals surface area (Å²) in [6, 6.07) is 5.42. The van der Waals surface area contributed by atoms with Crippen LogP contribution in [0.25, 0.3) is 0 Å². The smallest absolute Gasteiger partial charge is 0.169 e. The van der Waals surface area contributed by atoms with Gasteiger partial charge in [-0.2, -0.15) is 0 Å². The van der Waals surface area contributed by atoms with Crippen molar-refractivity contribution in [2.75, 3.05) is 7.11 Å². The Bertz CT molecular complexity index is 378. The van der Waals surface area contributed by atoms with Crippen molar-refractivity contribution >= 4 is 21.7 Å². The molecule has 0 bridgehead atoms. The number of benzene rings is 1. The quantitative estimate of drug-likeness (QED) is 0.767. The van der Waals surface area contributed by atoms with Crippen molar-refractivity contribution in [1.29, 1.82) is 0 Å². The monoisotopic (exact) mass is 270 g/mol. The van der Waals surface area contributed by atoms with Crippen LogP contribution in [0.2, 0.25) is 0 Å². The Balaban J connectivity index is 3.19. The van der Waals surface area contributed by atoms with E-state index in [0.717, 1.165) is 4.47 Å². The van der Waals surface area contributed by atoms with E-state index in [1.807, 2.05) is 32.9 Å². The Labute approximate surface area is 98.8 Å². The molecule has 0 N–H and O–H groups in total. The molecule has 0 aliphatic heterocycles. The molecule has 0 spiro atoms. The van der Waals surface area contributed by atoms with E-state index >= 15 is 0 Å². The third kappa shape index (κ3) is 2.81. The predicted octanol–water partition coefficient (Wildman–Crippen LogP) is 3.69. The summed E-state index contributed by atoms with van der Waals surface area (Å²) >= 11 is 3.38. The molecule has 0 aliphatic carbocycles. The number of carbonyl (C=O) groups is 1. The molecule has 0 aliphatic rings. The average Bonchev–Trinajstić information content (AvgIpc) is 2.16. The van der Waals surface area contributed by atoms with Gasteiger partial charge in [0.15, 0.2) is 5.78 Å². The normalized spacial score (nSPS) is 11.3. The van der Waals surface area contributed by atoms with E-state index in [0.29, 0.717) is 11.3 Å². The maximum Gasteiger partial charge on any atom is 0.169 e. The fraction of sp³-hybridized carbons (Fsp3) is 0.417. The summed E-state index contributed by atoms with van der Waals surface area (Å²) in [5.41, 5.74) is 0.288. The number of carbonyl (C=O) groups excluding carboxylic acids is 1. The van der Waals surface area contributed by atoms with Gasteiger partial charge in [-0.05, 0) is 18.2 Å². The first-order chi connectivity index (χ1) is 6.86. The number of rotatable bonds is 2. The molecule has 0 saturated heterocycles. The van der Waals surface area contributed by atoms with Crippen molar-refractivity contribution in [3.8, 4) is 5.75 Å². The zero-order chi connectivity index (χ0) is 11.6. The number of methoxy groups -OCH3 is 1. The van der Waals surface area contributed by atoms with Gasteiger partial charge in [0.2, 0.25) is 0 Å². The molecule has 1 rings (SSSR count). The molecule has 0 fully saturated rings. The minimum absolute atomic E-state index is 0.105. The minimum atomic E-state index is -0.380. The van der Waals surface area contributed by atoms with E-state index in [2.05, 4.69) is 15.9 Å². The topological polar surface area (TPSA) is 26.3 Å². The highest BCUT2D eigenvalue weighted by molar-refractivity contribution is 9.10. The largest absolute Gasteiger partial charge is 0.497 e. The standard InChI is InChI=1S/C12H15BrO2/c1-12(2,3)11(14)9-7-8(15-4)5-6-10(9)13/h5-7H,1-4H3. The van der Waals surface area contributed by atoms with Crippen LogP contribution in [0.15, 0.2) is 22.7 Å². The number of ketones is 1. The Morgan fingerprint density at radius 1 is 1.33 bits per heavy atom. The molecule has 0 unspecified atom stereocenters. The summed E-state index contributed by atoms with van der Waals surface area (Å²) in [5, 5.41) is 0. The fourth-order valence-electron chi connectivity index (χ4n) is 1.21. The summed E-state index contributed by atoms with van der Waals surface area (Å²) in [6.45, 7) is 5.71. The van der Waals surface area contributed by atoms with Crippen LogP contribution in [0.1, 0.15) is 31.1 Å². The van der Waals surface area contributed by atoms with Crippen molar-refractivity contribution in [3.05, 3.63) is 28.2 Å². The van der Waals surface area contributed by atoms with Crippen molar-refractivity contribution in [2.45, 2.75) is 20.8 Å². The molecule has 0 amide bonds. The maximum atomic E-state index is 12.1. The van der Waals surface area contributed by atoms with Crippen LogP contribution in [0.3, 0.4) is 0 Å². The Morgan fingerprint density at radius 3 is 2.40 bits per heavy atom. The summed E-state index contributed by atoms with van der Waals surface area (Å²) in [7, 11) is 1.59. The van der Waals surface area contributed by atoms with Crippen LogP contribution >= 0.6 is 15.9 Å². The second-order valence-corrected chi connectivity index (χ2v) is 5.28. The summed E-state index contributed by atoms with van der Waals surface area (Å²) in [4.78, 5) is 12.1. The molecule has 0 heterocycles. The zero-order valence-electron chi connectivity index (χ0n) is 9.43. The van der Waals surface area contributed by atoms with Crippen molar-refractivity contribution in [2.24, 2.45) is 5.41 Å². The molecular weight excluding hydrogens is 256 g/mol. The lowest BCUT2D eigenvalue weighted by molar-refractivity contribution is 0.0857. The van der Waals surface area contributed by atoms with Crippen LogP contribution in [0.4, 0.5) is 0 Å². The zero-order valence-corrected chi connectivity index (χ0v) is 11.0. The van der Waals surface area contributed by atoms with Crippen LogP contribution < -0.4 is 4.74 Å². The maximum absolute atomic E-state index is 12.1. The summed E-state index contributed by atoms with van der Waals surface area (Å²) < 4.78 is 5.91. The highest BCUT2D eigenvalue weighted by Crippen LogP contribution is 2.29. The highest BCUT2D eigenvalue weighted by Gasteiger charge is 2.24. The van der Waals surface area contributed by atoms with Gasteiger partial charge in [-0.15, -0.1) is 0 Å². The Morgan fingerprint density at radius 2 is 1.93 bits per heavy atom. The Hall–Kier alpha value is -0.830. The third-order valence-corrected chi connectivity index (χ3v) is 2.79. The van der Waals surface area contributed by atoms with Crippen molar-refractivity contribution in [3.63, 3.8) is 0 Å². The number of Topliss-reactive ketones (excluding diaryl/α,β-unsaturated/α-hetero) is 1. The van der Waals surface area contributed by atoms with Crippen LogP contribution in [-0.2, 0) is 0 Å². The first-order valence-corrected chi connectivity index (χ1v) is 5.54. The van der Waals surface area contributed by atoms with Gasteiger partial charge < -0.3 is 4.74 Å². The fourth-order valence-corrected chi connectivity index (χ4v) is 1.64. The van der Waals surface area contributed by atoms with Crippen molar-refractivity contribution < 1.29 is 9.53 Å². The molecule has 2 nitrogen and oxygen atoms in total. The number of hydrogen-bond donors (Lipinski definition) is 0. The molecule has 3 heteroatoms. The second-order valence-electron chi connectivity index (χ2n) is 4.42. The number of halogens is 1. The molecule has 0 aromatic heterocycles. The molecule has 1 aromatic carbocycles.